The van der Waals surface area contributed by atoms with Crippen LogP contribution in [-0.2, 0) is 11.2 Å². The number of carboxylic acids is 1. The van der Waals surface area contributed by atoms with E-state index in [-0.39, 0.29) is 6.42 Å². The van der Waals surface area contributed by atoms with Gasteiger partial charge in [0.1, 0.15) is 0 Å². The largest absolute Gasteiger partial charge is 0.481 e. The smallest absolute Gasteiger partial charge is 0.323 e. The zero-order valence-corrected chi connectivity index (χ0v) is 11.2. The Morgan fingerprint density at radius 3 is 2.19 bits per heavy atom. The molecule has 0 saturated carbocycles. The lowest BCUT2D eigenvalue weighted by Crippen LogP contribution is -2.21. The first-order valence-corrected chi connectivity index (χ1v) is 6.28. The number of nitrogens with one attached hydrogen (secondary N) is 2. The van der Waals surface area contributed by atoms with Gasteiger partial charge in [-0.15, -0.1) is 0 Å². The van der Waals surface area contributed by atoms with Crippen LogP contribution in [0, 0.1) is 0 Å². The quantitative estimate of drug-likeness (QED) is 0.648. The molecule has 0 bridgehead atoms. The van der Waals surface area contributed by atoms with Crippen molar-refractivity contribution in [2.24, 2.45) is 0 Å². The highest BCUT2D eigenvalue weighted by Crippen LogP contribution is 2.19. The van der Waals surface area contributed by atoms with Gasteiger partial charge in [-0.05, 0) is 23.8 Å². The van der Waals surface area contributed by atoms with Crippen LogP contribution >= 0.6 is 0 Å². The fourth-order valence-electron chi connectivity index (χ4n) is 1.85. The van der Waals surface area contributed by atoms with Crippen LogP contribution in [0.15, 0.2) is 48.5 Å². The number of amides is 2. The number of hydrogen-bond acceptors (Lipinski definition) is 3. The van der Waals surface area contributed by atoms with Crippen LogP contribution in [0.25, 0.3) is 0 Å². The van der Waals surface area contributed by atoms with Gasteiger partial charge in [0.15, 0.2) is 0 Å². The third-order valence-corrected chi connectivity index (χ3v) is 2.82. The number of carbonyl (C=O) groups is 2. The van der Waals surface area contributed by atoms with E-state index in [1.54, 1.807) is 48.5 Å². The number of rotatable bonds is 4. The minimum absolute atomic E-state index is 0.163. The van der Waals surface area contributed by atoms with Gasteiger partial charge in [0.2, 0.25) is 0 Å². The zero-order valence-electron chi connectivity index (χ0n) is 11.2. The topological polar surface area (TPSA) is 104 Å². The molecule has 0 atom stereocenters. The molecule has 5 N–H and O–H groups in total. The van der Waals surface area contributed by atoms with Crippen LogP contribution in [0.3, 0.4) is 0 Å². The SMILES string of the molecule is Nc1ccccc1NC(=O)Nc1ccccc1CC(=O)O. The summed E-state index contributed by atoms with van der Waals surface area (Å²) in [6.45, 7) is 0. The van der Waals surface area contributed by atoms with Crippen molar-refractivity contribution >= 4 is 29.1 Å². The second kappa shape index (κ2) is 6.42. The molecule has 2 aromatic carbocycles. The van der Waals surface area contributed by atoms with Crippen molar-refractivity contribution in [1.29, 1.82) is 0 Å². The standard InChI is InChI=1S/C15H15N3O3/c16-11-6-2-4-8-13(11)18-15(21)17-12-7-3-1-5-10(12)9-14(19)20/h1-8H,9,16H2,(H,19,20)(H2,17,18,21). The number of urea groups is 1. The zero-order chi connectivity index (χ0) is 15.2. The summed E-state index contributed by atoms with van der Waals surface area (Å²) in [5, 5.41) is 14.1. The molecule has 0 fully saturated rings. The maximum Gasteiger partial charge on any atom is 0.323 e. The summed E-state index contributed by atoms with van der Waals surface area (Å²) in [4.78, 5) is 22.7. The number of aliphatic carboxylic acids is 1. The third-order valence-electron chi connectivity index (χ3n) is 2.82. The molecule has 0 aromatic heterocycles. The summed E-state index contributed by atoms with van der Waals surface area (Å²) < 4.78 is 0. The Kier molecular flexibility index (Phi) is 4.40. The van der Waals surface area contributed by atoms with E-state index in [4.69, 9.17) is 10.8 Å². The molecule has 0 aliphatic carbocycles. The number of carbonyl (C=O) groups excluding carboxylic acids is 1. The van der Waals surface area contributed by atoms with Crippen molar-refractivity contribution in [2.75, 3.05) is 16.4 Å². The summed E-state index contributed by atoms with van der Waals surface area (Å²) in [6.07, 6.45) is -0.163. The van der Waals surface area contributed by atoms with Crippen molar-refractivity contribution in [3.8, 4) is 0 Å². The number of anilines is 3. The lowest BCUT2D eigenvalue weighted by Gasteiger charge is -2.12. The molecule has 2 rings (SSSR count). The van der Waals surface area contributed by atoms with E-state index in [2.05, 4.69) is 10.6 Å². The minimum atomic E-state index is -0.961. The summed E-state index contributed by atoms with van der Waals surface area (Å²) in [5.74, 6) is -0.961. The fraction of sp³-hybridized carbons (Fsp3) is 0.0667. The van der Waals surface area contributed by atoms with Gasteiger partial charge in [0, 0.05) is 5.69 Å². The molecule has 6 heteroatoms. The first kappa shape index (κ1) is 14.4. The molecule has 2 aromatic rings. The molecule has 0 aliphatic rings. The summed E-state index contributed by atoms with van der Waals surface area (Å²) >= 11 is 0. The third kappa shape index (κ3) is 3.97. The normalized spacial score (nSPS) is 9.90. The molecule has 0 radical (unpaired) electrons. The highest BCUT2D eigenvalue weighted by molar-refractivity contribution is 6.02. The van der Waals surface area contributed by atoms with E-state index in [1.165, 1.54) is 0 Å². The van der Waals surface area contributed by atoms with Crippen LogP contribution in [0.1, 0.15) is 5.56 Å². The van der Waals surface area contributed by atoms with Crippen LogP contribution in [0.2, 0.25) is 0 Å². The average Bonchev–Trinajstić information content (AvgIpc) is 2.43. The first-order chi connectivity index (χ1) is 10.1. The fourth-order valence-corrected chi connectivity index (χ4v) is 1.85. The van der Waals surface area contributed by atoms with Gasteiger partial charge in [0.25, 0.3) is 0 Å². The Labute approximate surface area is 121 Å². The molecule has 0 heterocycles. The van der Waals surface area contributed by atoms with Gasteiger partial charge in [-0.1, -0.05) is 30.3 Å². The Hall–Kier alpha value is -3.02. The molecule has 0 aliphatic heterocycles. The van der Waals surface area contributed by atoms with E-state index in [0.29, 0.717) is 22.6 Å². The predicted octanol–water partition coefficient (Wildman–Crippen LogP) is 2.54. The van der Waals surface area contributed by atoms with Crippen LogP contribution in [0.4, 0.5) is 21.9 Å². The molecule has 2 amide bonds. The Bertz CT molecular complexity index is 671. The van der Waals surface area contributed by atoms with Crippen molar-refractivity contribution in [3.05, 3.63) is 54.1 Å². The second-order valence-electron chi connectivity index (χ2n) is 4.39. The highest BCUT2D eigenvalue weighted by atomic mass is 16.4. The summed E-state index contributed by atoms with van der Waals surface area (Å²) in [7, 11) is 0. The highest BCUT2D eigenvalue weighted by Gasteiger charge is 2.10. The van der Waals surface area contributed by atoms with Crippen molar-refractivity contribution in [3.63, 3.8) is 0 Å². The van der Waals surface area contributed by atoms with Crippen molar-refractivity contribution in [1.82, 2.24) is 0 Å². The van der Waals surface area contributed by atoms with Crippen LogP contribution in [0.5, 0.6) is 0 Å². The van der Waals surface area contributed by atoms with Gasteiger partial charge in [-0.3, -0.25) is 4.79 Å². The van der Waals surface area contributed by atoms with Crippen LogP contribution < -0.4 is 16.4 Å². The minimum Gasteiger partial charge on any atom is -0.481 e. The first-order valence-electron chi connectivity index (χ1n) is 6.28. The summed E-state index contributed by atoms with van der Waals surface area (Å²) in [6, 6.07) is 13.1. The molecule has 0 saturated heterocycles. The van der Waals surface area contributed by atoms with E-state index >= 15 is 0 Å². The van der Waals surface area contributed by atoms with Gasteiger partial charge < -0.3 is 21.5 Å². The van der Waals surface area contributed by atoms with Gasteiger partial charge in [-0.2, -0.15) is 0 Å². The average molecular weight is 285 g/mol. The Morgan fingerprint density at radius 1 is 0.952 bits per heavy atom. The lowest BCUT2D eigenvalue weighted by atomic mass is 10.1. The number of benzene rings is 2. The number of carboxylic acid groups (broad SMARTS) is 1. The predicted molar refractivity (Wildman–Crippen MR) is 81.3 cm³/mol. The lowest BCUT2D eigenvalue weighted by molar-refractivity contribution is -0.136. The van der Waals surface area contributed by atoms with Gasteiger partial charge >= 0.3 is 12.0 Å². The second-order valence-corrected chi connectivity index (χ2v) is 4.39. The van der Waals surface area contributed by atoms with Crippen molar-refractivity contribution < 1.29 is 14.7 Å². The van der Waals surface area contributed by atoms with E-state index in [9.17, 15) is 9.59 Å². The molecule has 21 heavy (non-hydrogen) atoms. The maximum absolute atomic E-state index is 11.9. The maximum atomic E-state index is 11.9. The number of nitrogens with two attached hydrogens (primary N) is 1. The molecular weight excluding hydrogens is 270 g/mol. The molecular formula is C15H15N3O3. The number of nitrogen functional groups attached to an aromatic ring is 1. The summed E-state index contributed by atoms with van der Waals surface area (Å²) in [5.41, 5.74) is 7.66. The molecule has 0 unspecified atom stereocenters. The molecule has 6 nitrogen and oxygen atoms in total. The van der Waals surface area contributed by atoms with E-state index < -0.39 is 12.0 Å². The Balaban J connectivity index is 2.10. The van der Waals surface area contributed by atoms with Gasteiger partial charge in [-0.25, -0.2) is 4.79 Å². The van der Waals surface area contributed by atoms with E-state index in [0.717, 1.165) is 0 Å². The van der Waals surface area contributed by atoms with Gasteiger partial charge in [0.05, 0.1) is 17.8 Å². The monoisotopic (exact) mass is 285 g/mol. The Morgan fingerprint density at radius 2 is 1.52 bits per heavy atom. The molecule has 0 spiro atoms. The van der Waals surface area contributed by atoms with Crippen LogP contribution in [-0.4, -0.2) is 17.1 Å². The van der Waals surface area contributed by atoms with E-state index in [1.807, 2.05) is 0 Å². The molecule has 108 valence electrons. The number of hydrogen-bond donors (Lipinski definition) is 4. The van der Waals surface area contributed by atoms with Crippen molar-refractivity contribution in [2.45, 2.75) is 6.42 Å². The number of para-hydroxylation sites is 3.